The van der Waals surface area contributed by atoms with Gasteiger partial charge in [0.15, 0.2) is 0 Å². The van der Waals surface area contributed by atoms with E-state index in [1.54, 1.807) is 0 Å². The van der Waals surface area contributed by atoms with Gasteiger partial charge in [0.1, 0.15) is 0 Å². The fourth-order valence-electron chi connectivity index (χ4n) is 0. The third-order valence-corrected chi connectivity index (χ3v) is 0. The van der Waals surface area contributed by atoms with E-state index < -0.39 is 83.6 Å². The Kier molecular flexibility index (Phi) is 284. The van der Waals surface area contributed by atoms with E-state index in [1.165, 1.54) is 0 Å². The van der Waals surface area contributed by atoms with Gasteiger partial charge in [0, 0.05) is 83.6 Å². The van der Waals surface area contributed by atoms with Crippen molar-refractivity contribution >= 4 is 83.6 Å². The largest absolute Gasteiger partial charge is 2.00 e. The number of carbonyl (C=O) groups excluding carboxylic acids is 14. The van der Waals surface area contributed by atoms with Crippen LogP contribution in [0.25, 0.3) is 0 Å². The Balaban J connectivity index is -0.0000000157. The molecule has 392 valence electrons. The van der Waals surface area contributed by atoms with E-state index in [2.05, 4.69) is 0 Å². The van der Waals surface area contributed by atoms with Crippen LogP contribution >= 0.6 is 0 Å². The Bertz CT molecular complexity index is 730. The van der Waals surface area contributed by atoms with Crippen molar-refractivity contribution in [2.24, 2.45) is 0 Å². The standard InChI is InChI=1S/14C2H4O2.7Pd/c14*1-2(3)4;;;;;;;/h14*1H3,(H,3,4);;;;;;;/q;;;;;;;;;;;;;;7*+2/p-14. The van der Waals surface area contributed by atoms with Gasteiger partial charge in [-0.05, 0) is 96.9 Å². The van der Waals surface area contributed by atoms with Gasteiger partial charge in [-0.2, -0.15) is 0 Å². The molecule has 0 rings (SSSR count). The van der Waals surface area contributed by atoms with Gasteiger partial charge >= 0.3 is 143 Å². The fraction of sp³-hybridized carbons (Fsp3) is 0.500. The molecule has 0 aliphatic carbocycles. The third-order valence-electron chi connectivity index (χ3n) is 0. The molecule has 35 heteroatoms. The zero-order chi connectivity index (χ0) is 50.1. The molecule has 0 unspecified atom stereocenters. The van der Waals surface area contributed by atoms with Crippen LogP contribution in [-0.4, -0.2) is 83.6 Å². The van der Waals surface area contributed by atoms with Crippen LogP contribution in [0.5, 0.6) is 0 Å². The Morgan fingerprint density at radius 2 is 0.143 bits per heavy atom. The molecule has 0 fully saturated rings. The normalized spacial score (nSPS) is 5.56. The first-order chi connectivity index (χ1) is 24.2. The average molecular weight is 1570 g/mol. The van der Waals surface area contributed by atoms with E-state index in [0.29, 0.717) is 0 Å². The molecule has 0 amide bonds. The van der Waals surface area contributed by atoms with Crippen molar-refractivity contribution in [3.63, 3.8) is 0 Å². The molecule has 0 radical (unpaired) electrons. The van der Waals surface area contributed by atoms with E-state index in [9.17, 15) is 0 Å². The molecule has 0 aliphatic heterocycles. The molecule has 0 aliphatic rings. The van der Waals surface area contributed by atoms with Crippen molar-refractivity contribution in [2.45, 2.75) is 96.9 Å². The summed E-state index contributed by atoms with van der Waals surface area (Å²) >= 11 is 0. The molecule has 28 nitrogen and oxygen atoms in total. The second kappa shape index (κ2) is 130. The zero-order valence-corrected chi connectivity index (χ0v) is 45.5. The first-order valence-electron chi connectivity index (χ1n) is 12.7. The number of carboxylic acid groups (broad SMARTS) is 14. The molecular weight excluding hydrogens is 1530 g/mol. The molecule has 0 aromatic heterocycles. The molecule has 0 atom stereocenters. The summed E-state index contributed by atoms with van der Waals surface area (Å²) in [5.74, 6) is -15.2. The van der Waals surface area contributed by atoms with Gasteiger partial charge in [-0.1, -0.05) is 0 Å². The summed E-state index contributed by atoms with van der Waals surface area (Å²) in [7, 11) is 0. The molecule has 0 N–H and O–H groups in total. The van der Waals surface area contributed by atoms with Crippen molar-refractivity contribution in [3.8, 4) is 0 Å². The maximum atomic E-state index is 8.89. The molecule has 0 spiro atoms. The summed E-state index contributed by atoms with van der Waals surface area (Å²) < 4.78 is 0. The summed E-state index contributed by atoms with van der Waals surface area (Å²) in [5.41, 5.74) is 0. The monoisotopic (exact) mass is 1570 g/mol. The van der Waals surface area contributed by atoms with Gasteiger partial charge in [0.2, 0.25) is 0 Å². The Labute approximate surface area is 458 Å². The molecule has 0 heterocycles. The van der Waals surface area contributed by atoms with Crippen molar-refractivity contribution in [1.82, 2.24) is 0 Å². The summed E-state index contributed by atoms with van der Waals surface area (Å²) in [6, 6.07) is 0. The maximum absolute atomic E-state index is 8.89. The second-order valence-corrected chi connectivity index (χ2v) is 6.88. The average Bonchev–Trinajstić information content (AvgIpc) is 2.73. The molecule has 0 aromatic rings. The van der Waals surface area contributed by atoms with Gasteiger partial charge in [0.25, 0.3) is 0 Å². The molecule has 0 saturated heterocycles. The Hall–Kier alpha value is -2.78. The Morgan fingerprint density at radius 3 is 0.143 bits per heavy atom. The van der Waals surface area contributed by atoms with Gasteiger partial charge in [0.05, 0.1) is 0 Å². The van der Waals surface area contributed by atoms with Crippen molar-refractivity contribution in [1.29, 1.82) is 0 Å². The second-order valence-electron chi connectivity index (χ2n) is 6.88. The molecule has 0 bridgehead atoms. The number of carboxylic acids is 14. The van der Waals surface area contributed by atoms with Crippen molar-refractivity contribution in [3.05, 3.63) is 0 Å². The van der Waals surface area contributed by atoms with Gasteiger partial charge in [-0.15, -0.1) is 0 Å². The smallest absolute Gasteiger partial charge is 0.550 e. The number of aliphatic carboxylic acids is 14. The summed E-state index contributed by atoms with van der Waals surface area (Å²) in [6.45, 7) is 13.6. The summed E-state index contributed by atoms with van der Waals surface area (Å²) in [6.07, 6.45) is 0. The quantitative estimate of drug-likeness (QED) is 0.203. The predicted octanol–water partition coefficient (Wildman–Crippen LogP) is -17.4. The Morgan fingerprint density at radius 1 is 0.143 bits per heavy atom. The van der Waals surface area contributed by atoms with Crippen LogP contribution in [0, 0.1) is 0 Å². The minimum atomic E-state index is -1.08. The summed E-state index contributed by atoms with van der Waals surface area (Å²) in [5, 5.41) is 124. The van der Waals surface area contributed by atoms with E-state index >= 15 is 0 Å². The van der Waals surface area contributed by atoms with Crippen LogP contribution < -0.4 is 71.5 Å². The summed E-state index contributed by atoms with van der Waals surface area (Å²) in [4.78, 5) is 124. The number of rotatable bonds is 0. The van der Waals surface area contributed by atoms with E-state index in [4.69, 9.17) is 139 Å². The van der Waals surface area contributed by atoms with Crippen LogP contribution in [0.4, 0.5) is 0 Å². The zero-order valence-electron chi connectivity index (χ0n) is 34.6. The van der Waals surface area contributed by atoms with Crippen LogP contribution in [-0.2, 0) is 210 Å². The number of hydrogen-bond acceptors (Lipinski definition) is 28. The van der Waals surface area contributed by atoms with E-state index in [0.717, 1.165) is 96.9 Å². The minimum absolute atomic E-state index is 0. The van der Waals surface area contributed by atoms with Gasteiger partial charge in [-0.25, -0.2) is 0 Å². The van der Waals surface area contributed by atoms with E-state index in [1.807, 2.05) is 0 Å². The van der Waals surface area contributed by atoms with Gasteiger partial charge in [-0.3, -0.25) is 0 Å². The molecule has 0 aromatic carbocycles. The minimum Gasteiger partial charge on any atom is -0.550 e. The van der Waals surface area contributed by atoms with Crippen LogP contribution in [0.15, 0.2) is 0 Å². The SMILES string of the molecule is CC(=O)[O-].CC(=O)[O-].CC(=O)[O-].CC(=O)[O-].CC(=O)[O-].CC(=O)[O-].CC(=O)[O-].CC(=O)[O-].CC(=O)[O-].CC(=O)[O-].CC(=O)[O-].CC(=O)[O-].CC(=O)[O-].CC(=O)[O-].[Pd+2].[Pd+2].[Pd+2].[Pd+2].[Pd+2].[Pd+2].[Pd+2]. The fourth-order valence-corrected chi connectivity index (χ4v) is 0. The predicted molar refractivity (Wildman–Crippen MR) is 150 cm³/mol. The topological polar surface area (TPSA) is 562 Å². The van der Waals surface area contributed by atoms with Crippen molar-refractivity contribution < 1.29 is 282 Å². The van der Waals surface area contributed by atoms with Gasteiger partial charge < -0.3 is 139 Å². The van der Waals surface area contributed by atoms with Crippen LogP contribution in [0.3, 0.4) is 0 Å². The van der Waals surface area contributed by atoms with Crippen LogP contribution in [0.2, 0.25) is 0 Å². The first kappa shape index (κ1) is 137. The number of hydrogen-bond donors (Lipinski definition) is 0. The van der Waals surface area contributed by atoms with E-state index in [-0.39, 0.29) is 143 Å². The van der Waals surface area contributed by atoms with Crippen LogP contribution in [0.1, 0.15) is 96.9 Å². The molecule has 63 heavy (non-hydrogen) atoms. The maximum Gasteiger partial charge on any atom is 2.00 e. The van der Waals surface area contributed by atoms with Crippen molar-refractivity contribution in [2.75, 3.05) is 0 Å². The third kappa shape index (κ3) is 25000. The molecule has 0 saturated carbocycles. The first-order valence-corrected chi connectivity index (χ1v) is 12.7. The molecular formula is C28H42O28Pd7. The number of carbonyl (C=O) groups is 14.